The maximum atomic E-state index is 11.4. The number of anilines is 1. The molecule has 16 heavy (non-hydrogen) atoms. The van der Waals surface area contributed by atoms with Crippen molar-refractivity contribution in [2.24, 2.45) is 0 Å². The van der Waals surface area contributed by atoms with Crippen molar-refractivity contribution < 1.29 is 9.90 Å². The molecule has 2 rings (SSSR count). The molecular formula is C13H17NO2. The van der Waals surface area contributed by atoms with Crippen molar-refractivity contribution in [1.82, 2.24) is 0 Å². The van der Waals surface area contributed by atoms with Gasteiger partial charge in [0.05, 0.1) is 0 Å². The highest BCUT2D eigenvalue weighted by Gasteiger charge is 2.40. The molecular weight excluding hydrogens is 202 g/mol. The van der Waals surface area contributed by atoms with Crippen molar-refractivity contribution in [2.75, 3.05) is 11.4 Å². The van der Waals surface area contributed by atoms with Crippen LogP contribution in [0.25, 0.3) is 0 Å². The molecule has 3 nitrogen and oxygen atoms in total. The highest BCUT2D eigenvalue weighted by molar-refractivity contribution is 5.84. The molecule has 0 radical (unpaired) electrons. The van der Waals surface area contributed by atoms with Crippen molar-refractivity contribution >= 4 is 11.7 Å². The van der Waals surface area contributed by atoms with Gasteiger partial charge in [0.15, 0.2) is 0 Å². The van der Waals surface area contributed by atoms with E-state index in [1.807, 2.05) is 30.0 Å². The van der Waals surface area contributed by atoms with Crippen LogP contribution in [-0.2, 0) is 11.2 Å². The van der Waals surface area contributed by atoms with Crippen LogP contribution in [-0.4, -0.2) is 23.2 Å². The van der Waals surface area contributed by atoms with Crippen LogP contribution in [0.3, 0.4) is 0 Å². The second-order valence-corrected chi connectivity index (χ2v) is 4.46. The van der Waals surface area contributed by atoms with Crippen molar-refractivity contribution in [3.05, 3.63) is 29.8 Å². The Bertz CT molecular complexity index is 416. The summed E-state index contributed by atoms with van der Waals surface area (Å²) in [6, 6.07) is 8.06. The number of benzene rings is 1. The second kappa shape index (κ2) is 3.81. The maximum Gasteiger partial charge on any atom is 0.329 e. The molecule has 3 heteroatoms. The van der Waals surface area contributed by atoms with Gasteiger partial charge in [0.2, 0.25) is 0 Å². The maximum absolute atomic E-state index is 11.4. The van der Waals surface area contributed by atoms with Crippen LogP contribution >= 0.6 is 0 Å². The quantitative estimate of drug-likeness (QED) is 0.848. The average Bonchev–Trinajstić information content (AvgIpc) is 2.72. The summed E-state index contributed by atoms with van der Waals surface area (Å²) in [4.78, 5) is 13.4. The first-order valence-electron chi connectivity index (χ1n) is 5.68. The van der Waals surface area contributed by atoms with E-state index in [4.69, 9.17) is 0 Å². The molecule has 1 N–H and O–H groups in total. The second-order valence-electron chi connectivity index (χ2n) is 4.46. The van der Waals surface area contributed by atoms with Crippen molar-refractivity contribution in [3.8, 4) is 0 Å². The van der Waals surface area contributed by atoms with E-state index in [1.165, 1.54) is 5.56 Å². The summed E-state index contributed by atoms with van der Waals surface area (Å²) in [6.07, 6.45) is 1.55. The van der Waals surface area contributed by atoms with Crippen LogP contribution in [0.2, 0.25) is 0 Å². The first-order valence-corrected chi connectivity index (χ1v) is 5.68. The molecule has 0 amide bonds. The molecule has 86 valence electrons. The standard InChI is InChI=1S/C13H17NO2/c1-3-13(2,12(15)16)14-9-8-10-6-4-5-7-11(10)14/h4-7H,3,8-9H2,1-2H3,(H,15,16). The molecule has 1 heterocycles. The predicted molar refractivity (Wildman–Crippen MR) is 63.8 cm³/mol. The molecule has 0 aliphatic carbocycles. The number of hydrogen-bond donors (Lipinski definition) is 1. The topological polar surface area (TPSA) is 40.5 Å². The number of fused-ring (bicyclic) bond motifs is 1. The lowest BCUT2D eigenvalue weighted by Gasteiger charge is -2.36. The van der Waals surface area contributed by atoms with Gasteiger partial charge < -0.3 is 10.0 Å². The minimum absolute atomic E-state index is 0.608. The number of rotatable bonds is 3. The molecule has 1 aliphatic heterocycles. The molecule has 1 aromatic rings. The molecule has 1 aromatic carbocycles. The number of nitrogens with zero attached hydrogens (tertiary/aromatic N) is 1. The van der Waals surface area contributed by atoms with Gasteiger partial charge in [0.25, 0.3) is 0 Å². The molecule has 1 aliphatic rings. The van der Waals surface area contributed by atoms with Gasteiger partial charge in [-0.3, -0.25) is 0 Å². The van der Waals surface area contributed by atoms with Gasteiger partial charge in [0, 0.05) is 12.2 Å². The van der Waals surface area contributed by atoms with Gasteiger partial charge in [-0.1, -0.05) is 25.1 Å². The largest absolute Gasteiger partial charge is 0.480 e. The zero-order chi connectivity index (χ0) is 11.8. The lowest BCUT2D eigenvalue weighted by molar-refractivity contribution is -0.142. The Morgan fingerprint density at radius 2 is 2.19 bits per heavy atom. The molecule has 0 saturated carbocycles. The number of aliphatic carboxylic acids is 1. The van der Waals surface area contributed by atoms with E-state index < -0.39 is 11.5 Å². The molecule has 0 saturated heterocycles. The minimum atomic E-state index is -0.785. The van der Waals surface area contributed by atoms with E-state index in [9.17, 15) is 9.90 Å². The zero-order valence-corrected chi connectivity index (χ0v) is 9.73. The summed E-state index contributed by atoms with van der Waals surface area (Å²) in [6.45, 7) is 4.53. The summed E-state index contributed by atoms with van der Waals surface area (Å²) in [5.41, 5.74) is 1.55. The van der Waals surface area contributed by atoms with Crippen molar-refractivity contribution in [3.63, 3.8) is 0 Å². The fourth-order valence-corrected chi connectivity index (χ4v) is 2.31. The van der Waals surface area contributed by atoms with Gasteiger partial charge in [-0.05, 0) is 31.4 Å². The van der Waals surface area contributed by atoms with E-state index in [0.717, 1.165) is 18.7 Å². The Kier molecular flexibility index (Phi) is 2.62. The fraction of sp³-hybridized carbons (Fsp3) is 0.462. The highest BCUT2D eigenvalue weighted by Crippen LogP contribution is 2.35. The molecule has 1 unspecified atom stereocenters. The third-order valence-corrected chi connectivity index (χ3v) is 3.63. The van der Waals surface area contributed by atoms with Gasteiger partial charge in [-0.2, -0.15) is 0 Å². The number of hydrogen-bond acceptors (Lipinski definition) is 2. The van der Waals surface area contributed by atoms with Crippen LogP contribution in [0.5, 0.6) is 0 Å². The lowest BCUT2D eigenvalue weighted by atomic mass is 9.96. The Hall–Kier alpha value is -1.51. The lowest BCUT2D eigenvalue weighted by Crippen LogP contribution is -2.51. The van der Waals surface area contributed by atoms with Crippen molar-refractivity contribution in [2.45, 2.75) is 32.2 Å². The molecule has 0 bridgehead atoms. The van der Waals surface area contributed by atoms with E-state index in [0.29, 0.717) is 6.42 Å². The minimum Gasteiger partial charge on any atom is -0.480 e. The van der Waals surface area contributed by atoms with Crippen LogP contribution in [0, 0.1) is 0 Å². The monoisotopic (exact) mass is 219 g/mol. The van der Waals surface area contributed by atoms with Gasteiger partial charge >= 0.3 is 5.97 Å². The van der Waals surface area contributed by atoms with Crippen LogP contribution in [0.1, 0.15) is 25.8 Å². The first kappa shape index (κ1) is 11.0. The van der Waals surface area contributed by atoms with E-state index >= 15 is 0 Å². The summed E-state index contributed by atoms with van der Waals surface area (Å²) in [5, 5.41) is 9.38. The zero-order valence-electron chi connectivity index (χ0n) is 9.73. The van der Waals surface area contributed by atoms with Gasteiger partial charge in [-0.15, -0.1) is 0 Å². The molecule has 0 spiro atoms. The first-order chi connectivity index (χ1) is 7.59. The Labute approximate surface area is 95.7 Å². The van der Waals surface area contributed by atoms with E-state index in [2.05, 4.69) is 6.07 Å². The smallest absolute Gasteiger partial charge is 0.329 e. The third-order valence-electron chi connectivity index (χ3n) is 3.63. The van der Waals surface area contributed by atoms with Gasteiger partial charge in [0.1, 0.15) is 5.54 Å². The Balaban J connectivity index is 2.41. The number of para-hydroxylation sites is 1. The van der Waals surface area contributed by atoms with Crippen molar-refractivity contribution in [1.29, 1.82) is 0 Å². The van der Waals surface area contributed by atoms with E-state index in [-0.39, 0.29) is 0 Å². The number of carbonyl (C=O) groups is 1. The Morgan fingerprint density at radius 3 is 2.81 bits per heavy atom. The third kappa shape index (κ3) is 1.47. The highest BCUT2D eigenvalue weighted by atomic mass is 16.4. The number of carboxylic acid groups (broad SMARTS) is 1. The van der Waals surface area contributed by atoms with Crippen LogP contribution in [0.4, 0.5) is 5.69 Å². The summed E-state index contributed by atoms with van der Waals surface area (Å²) < 4.78 is 0. The molecule has 0 fully saturated rings. The molecule has 1 atom stereocenters. The van der Waals surface area contributed by atoms with Crippen LogP contribution in [0.15, 0.2) is 24.3 Å². The SMILES string of the molecule is CCC(C)(C(=O)O)N1CCc2ccccc21. The normalized spacial score (nSPS) is 18.0. The van der Waals surface area contributed by atoms with Crippen LogP contribution < -0.4 is 4.90 Å². The summed E-state index contributed by atoms with van der Waals surface area (Å²) in [7, 11) is 0. The van der Waals surface area contributed by atoms with Gasteiger partial charge in [-0.25, -0.2) is 4.79 Å². The summed E-state index contributed by atoms with van der Waals surface area (Å²) in [5.74, 6) is -0.744. The number of carboxylic acids is 1. The molecule has 0 aromatic heterocycles. The fourth-order valence-electron chi connectivity index (χ4n) is 2.31. The average molecular weight is 219 g/mol. The Morgan fingerprint density at radius 1 is 1.50 bits per heavy atom. The predicted octanol–water partition coefficient (Wildman–Crippen LogP) is 2.30. The summed E-state index contributed by atoms with van der Waals surface area (Å²) >= 11 is 0. The van der Waals surface area contributed by atoms with E-state index in [1.54, 1.807) is 6.92 Å².